The summed E-state index contributed by atoms with van der Waals surface area (Å²) in [4.78, 5) is 2.89. The number of hydrogen-bond donors (Lipinski definition) is 1. The number of thiophene rings is 1. The average molecular weight is 251 g/mol. The number of aromatic nitrogens is 4. The van der Waals surface area contributed by atoms with E-state index in [9.17, 15) is 0 Å². The maximum atomic E-state index is 6.04. The van der Waals surface area contributed by atoms with Crippen molar-refractivity contribution >= 4 is 11.3 Å². The van der Waals surface area contributed by atoms with Crippen molar-refractivity contribution in [3.8, 4) is 0 Å². The van der Waals surface area contributed by atoms with E-state index in [1.54, 1.807) is 18.4 Å². The van der Waals surface area contributed by atoms with Crippen LogP contribution in [0.4, 0.5) is 0 Å². The number of rotatable bonds is 6. The van der Waals surface area contributed by atoms with E-state index < -0.39 is 0 Å². The van der Waals surface area contributed by atoms with Crippen LogP contribution in [0.25, 0.3) is 0 Å². The summed E-state index contributed by atoms with van der Waals surface area (Å²) in [5.41, 5.74) is 6.04. The normalized spacial score (nSPS) is 12.8. The highest BCUT2D eigenvalue weighted by Gasteiger charge is 2.08. The quantitative estimate of drug-likeness (QED) is 0.836. The number of nitrogens with zero attached hydrogens (tertiary/aromatic N) is 4. The summed E-state index contributed by atoms with van der Waals surface area (Å²) in [6.07, 6.45) is 3.93. The second kappa shape index (κ2) is 5.88. The SMILES string of the molecule is Cn1nnc(CC(N)CCCc2cccs2)n1. The molecule has 92 valence electrons. The molecular weight excluding hydrogens is 234 g/mol. The maximum Gasteiger partial charge on any atom is 0.176 e. The van der Waals surface area contributed by atoms with Crippen molar-refractivity contribution < 1.29 is 0 Å². The molecule has 0 bridgehead atoms. The van der Waals surface area contributed by atoms with Crippen molar-refractivity contribution in [2.45, 2.75) is 31.7 Å². The lowest BCUT2D eigenvalue weighted by Crippen LogP contribution is -2.23. The molecule has 0 fully saturated rings. The molecule has 0 saturated heterocycles. The number of aryl methyl sites for hydroxylation is 2. The number of tetrazole rings is 1. The third kappa shape index (κ3) is 3.90. The lowest BCUT2D eigenvalue weighted by Gasteiger charge is -2.07. The van der Waals surface area contributed by atoms with Crippen LogP contribution in [0.5, 0.6) is 0 Å². The van der Waals surface area contributed by atoms with Gasteiger partial charge in [-0.1, -0.05) is 6.07 Å². The molecule has 17 heavy (non-hydrogen) atoms. The van der Waals surface area contributed by atoms with Gasteiger partial charge in [0.25, 0.3) is 0 Å². The van der Waals surface area contributed by atoms with Gasteiger partial charge < -0.3 is 5.73 Å². The molecule has 0 spiro atoms. The number of nitrogens with two attached hydrogens (primary N) is 1. The zero-order valence-corrected chi connectivity index (χ0v) is 10.7. The second-order valence-electron chi connectivity index (χ2n) is 4.13. The molecule has 2 rings (SSSR count). The molecule has 0 radical (unpaired) electrons. The minimum atomic E-state index is 0.124. The third-order valence-electron chi connectivity index (χ3n) is 2.57. The van der Waals surface area contributed by atoms with Crippen LogP contribution in [0.3, 0.4) is 0 Å². The fourth-order valence-electron chi connectivity index (χ4n) is 1.73. The van der Waals surface area contributed by atoms with Crippen LogP contribution in [0.15, 0.2) is 17.5 Å². The van der Waals surface area contributed by atoms with E-state index in [1.165, 1.54) is 9.67 Å². The van der Waals surface area contributed by atoms with E-state index in [4.69, 9.17) is 5.73 Å². The van der Waals surface area contributed by atoms with Crippen LogP contribution < -0.4 is 5.73 Å². The first-order valence-electron chi connectivity index (χ1n) is 5.75. The standard InChI is InChI=1S/C11H17N5S/c1-16-14-11(13-15-16)8-9(12)4-2-5-10-6-3-7-17-10/h3,6-7,9H,2,4-5,8,12H2,1H3. The Labute approximate surface area is 105 Å². The van der Waals surface area contributed by atoms with Crippen molar-refractivity contribution in [2.75, 3.05) is 0 Å². The molecule has 0 saturated carbocycles. The highest BCUT2D eigenvalue weighted by Crippen LogP contribution is 2.13. The molecular formula is C11H17N5S. The Morgan fingerprint density at radius 1 is 1.53 bits per heavy atom. The molecule has 0 amide bonds. The van der Waals surface area contributed by atoms with E-state index in [-0.39, 0.29) is 6.04 Å². The first-order valence-corrected chi connectivity index (χ1v) is 6.63. The van der Waals surface area contributed by atoms with Gasteiger partial charge in [0.2, 0.25) is 0 Å². The Kier molecular flexibility index (Phi) is 4.22. The predicted molar refractivity (Wildman–Crippen MR) is 67.7 cm³/mol. The molecule has 6 heteroatoms. The van der Waals surface area contributed by atoms with Gasteiger partial charge in [0.15, 0.2) is 5.82 Å². The van der Waals surface area contributed by atoms with Crippen molar-refractivity contribution in [2.24, 2.45) is 12.8 Å². The maximum absolute atomic E-state index is 6.04. The Balaban J connectivity index is 1.69. The average Bonchev–Trinajstić information content (AvgIpc) is 2.90. The molecule has 2 aromatic heterocycles. The van der Waals surface area contributed by atoms with Gasteiger partial charge in [0.1, 0.15) is 0 Å². The zero-order valence-electron chi connectivity index (χ0n) is 9.91. The van der Waals surface area contributed by atoms with E-state index in [0.717, 1.165) is 25.1 Å². The van der Waals surface area contributed by atoms with Gasteiger partial charge in [-0.3, -0.25) is 0 Å². The monoisotopic (exact) mass is 251 g/mol. The molecule has 2 heterocycles. The molecule has 2 aromatic rings. The van der Waals surface area contributed by atoms with Gasteiger partial charge in [0, 0.05) is 17.3 Å². The molecule has 2 N–H and O–H groups in total. The third-order valence-corrected chi connectivity index (χ3v) is 3.51. The Bertz CT molecular complexity index is 436. The van der Waals surface area contributed by atoms with Crippen molar-refractivity contribution in [3.63, 3.8) is 0 Å². The molecule has 0 aliphatic carbocycles. The van der Waals surface area contributed by atoms with Crippen LogP contribution in [-0.4, -0.2) is 26.2 Å². The van der Waals surface area contributed by atoms with Crippen LogP contribution in [0, 0.1) is 0 Å². The van der Waals surface area contributed by atoms with Gasteiger partial charge in [-0.15, -0.1) is 21.5 Å². The summed E-state index contributed by atoms with van der Waals surface area (Å²) < 4.78 is 0. The summed E-state index contributed by atoms with van der Waals surface area (Å²) in [6.45, 7) is 0. The largest absolute Gasteiger partial charge is 0.327 e. The Morgan fingerprint density at radius 3 is 3.06 bits per heavy atom. The first kappa shape index (κ1) is 12.2. The van der Waals surface area contributed by atoms with E-state index >= 15 is 0 Å². The summed E-state index contributed by atoms with van der Waals surface area (Å²) in [6, 6.07) is 4.38. The van der Waals surface area contributed by atoms with Crippen LogP contribution in [-0.2, 0) is 19.9 Å². The van der Waals surface area contributed by atoms with Gasteiger partial charge in [-0.25, -0.2) is 0 Å². The molecule has 1 unspecified atom stereocenters. The molecule has 1 atom stereocenters. The summed E-state index contributed by atoms with van der Waals surface area (Å²) in [7, 11) is 1.76. The van der Waals surface area contributed by atoms with Crippen LogP contribution >= 0.6 is 11.3 Å². The second-order valence-corrected chi connectivity index (χ2v) is 5.16. The first-order chi connectivity index (χ1) is 8.24. The van der Waals surface area contributed by atoms with E-state index in [0.29, 0.717) is 6.42 Å². The summed E-state index contributed by atoms with van der Waals surface area (Å²) in [5, 5.41) is 14.0. The highest BCUT2D eigenvalue weighted by molar-refractivity contribution is 7.09. The van der Waals surface area contributed by atoms with Gasteiger partial charge >= 0.3 is 0 Å². The van der Waals surface area contributed by atoms with Crippen molar-refractivity contribution in [1.29, 1.82) is 0 Å². The topological polar surface area (TPSA) is 69.6 Å². The van der Waals surface area contributed by atoms with E-state index in [1.807, 2.05) is 0 Å². The fourth-order valence-corrected chi connectivity index (χ4v) is 2.49. The minimum Gasteiger partial charge on any atom is -0.327 e. The molecule has 0 aromatic carbocycles. The zero-order chi connectivity index (χ0) is 12.1. The predicted octanol–water partition coefficient (Wildman–Crippen LogP) is 1.16. The lowest BCUT2D eigenvalue weighted by atomic mass is 10.1. The van der Waals surface area contributed by atoms with E-state index in [2.05, 4.69) is 32.9 Å². The van der Waals surface area contributed by atoms with Gasteiger partial charge in [-0.2, -0.15) is 4.80 Å². The number of hydrogen-bond acceptors (Lipinski definition) is 5. The van der Waals surface area contributed by atoms with Crippen molar-refractivity contribution in [1.82, 2.24) is 20.2 Å². The molecule has 0 aliphatic heterocycles. The minimum absolute atomic E-state index is 0.124. The Morgan fingerprint density at radius 2 is 2.41 bits per heavy atom. The van der Waals surface area contributed by atoms with Crippen molar-refractivity contribution in [3.05, 3.63) is 28.2 Å². The lowest BCUT2D eigenvalue weighted by molar-refractivity contribution is 0.565. The summed E-state index contributed by atoms with van der Waals surface area (Å²) >= 11 is 1.80. The van der Waals surface area contributed by atoms with Crippen LogP contribution in [0.2, 0.25) is 0 Å². The van der Waals surface area contributed by atoms with Gasteiger partial charge in [-0.05, 0) is 35.9 Å². The smallest absolute Gasteiger partial charge is 0.176 e. The fraction of sp³-hybridized carbons (Fsp3) is 0.545. The molecule has 5 nitrogen and oxygen atoms in total. The van der Waals surface area contributed by atoms with Gasteiger partial charge in [0.05, 0.1) is 7.05 Å². The Hall–Kier alpha value is -1.27. The highest BCUT2D eigenvalue weighted by atomic mass is 32.1. The molecule has 0 aliphatic rings. The van der Waals surface area contributed by atoms with Crippen LogP contribution in [0.1, 0.15) is 23.5 Å². The summed E-state index contributed by atoms with van der Waals surface area (Å²) in [5.74, 6) is 0.733.